The van der Waals surface area contributed by atoms with Gasteiger partial charge in [-0.2, -0.15) is 8.42 Å². The standard InChI is InChI=1S/C19H16ClNO5S3/c1-3-25-15-10-12(9-14(20)17(15)26-29(2,23)24)11-16-18(22)21(19(27)28-16)13-7-5-4-6-8-13/h4-11H,3H2,1-2H3. The molecule has 2 aromatic rings. The molecule has 152 valence electrons. The Hall–Kier alpha value is -2.07. The lowest BCUT2D eigenvalue weighted by Crippen LogP contribution is -2.27. The summed E-state index contributed by atoms with van der Waals surface area (Å²) in [5.74, 6) is -0.183. The number of rotatable bonds is 6. The maximum Gasteiger partial charge on any atom is 0.306 e. The van der Waals surface area contributed by atoms with Gasteiger partial charge in [0.25, 0.3) is 5.91 Å². The average molecular weight is 470 g/mol. The van der Waals surface area contributed by atoms with E-state index in [2.05, 4.69) is 0 Å². The molecular formula is C19H16ClNO5S3. The van der Waals surface area contributed by atoms with Crippen LogP contribution in [0, 0.1) is 0 Å². The highest BCUT2D eigenvalue weighted by atomic mass is 35.5. The van der Waals surface area contributed by atoms with Crippen LogP contribution in [-0.4, -0.2) is 31.5 Å². The first-order valence-corrected chi connectivity index (χ1v) is 11.8. The van der Waals surface area contributed by atoms with Crippen LogP contribution in [0.3, 0.4) is 0 Å². The molecule has 0 bridgehead atoms. The molecule has 6 nitrogen and oxygen atoms in total. The third-order valence-corrected chi connectivity index (χ3v) is 5.72. The first-order chi connectivity index (χ1) is 13.7. The molecule has 0 spiro atoms. The molecule has 0 saturated carbocycles. The Morgan fingerprint density at radius 3 is 2.55 bits per heavy atom. The predicted octanol–water partition coefficient (Wildman–Crippen LogP) is 4.48. The second kappa shape index (κ2) is 8.74. The number of halogens is 1. The van der Waals surface area contributed by atoms with Crippen LogP contribution in [0.25, 0.3) is 6.08 Å². The Bertz CT molecular complexity index is 1100. The quantitative estimate of drug-likeness (QED) is 0.350. The van der Waals surface area contributed by atoms with Gasteiger partial charge in [-0.3, -0.25) is 9.69 Å². The zero-order valence-corrected chi connectivity index (χ0v) is 18.6. The molecule has 0 atom stereocenters. The summed E-state index contributed by atoms with van der Waals surface area (Å²) in [5.41, 5.74) is 1.23. The van der Waals surface area contributed by atoms with E-state index in [-0.39, 0.29) is 29.0 Å². The van der Waals surface area contributed by atoms with Crippen LogP contribution in [0.5, 0.6) is 11.5 Å². The Labute approximate surface area is 183 Å². The fraction of sp³-hybridized carbons (Fsp3) is 0.158. The van der Waals surface area contributed by atoms with Crippen LogP contribution < -0.4 is 13.8 Å². The zero-order valence-electron chi connectivity index (χ0n) is 15.4. The van der Waals surface area contributed by atoms with Gasteiger partial charge in [-0.1, -0.05) is 53.8 Å². The molecule has 1 heterocycles. The molecule has 10 heteroatoms. The van der Waals surface area contributed by atoms with Gasteiger partial charge in [0, 0.05) is 0 Å². The molecule has 0 radical (unpaired) electrons. The van der Waals surface area contributed by atoms with Crippen molar-refractivity contribution in [3.05, 3.63) is 58.0 Å². The molecule has 1 fully saturated rings. The Balaban J connectivity index is 1.98. The molecule has 29 heavy (non-hydrogen) atoms. The third-order valence-electron chi connectivity index (χ3n) is 3.67. The maximum absolute atomic E-state index is 12.9. The van der Waals surface area contributed by atoms with Crippen molar-refractivity contribution >= 4 is 67.7 Å². The second-order valence-corrected chi connectivity index (χ2v) is 9.56. The number of hydrogen-bond donors (Lipinski definition) is 0. The summed E-state index contributed by atoms with van der Waals surface area (Å²) < 4.78 is 33.9. The van der Waals surface area contributed by atoms with Crippen LogP contribution >= 0.6 is 35.6 Å². The Morgan fingerprint density at radius 2 is 1.93 bits per heavy atom. The van der Waals surface area contributed by atoms with Gasteiger partial charge in [-0.15, -0.1) is 0 Å². The van der Waals surface area contributed by atoms with E-state index in [9.17, 15) is 13.2 Å². The van der Waals surface area contributed by atoms with E-state index >= 15 is 0 Å². The summed E-state index contributed by atoms with van der Waals surface area (Å²) >= 11 is 12.7. The van der Waals surface area contributed by atoms with Crippen LogP contribution in [0.15, 0.2) is 47.4 Å². The molecule has 0 unspecified atom stereocenters. The fourth-order valence-electron chi connectivity index (χ4n) is 2.59. The van der Waals surface area contributed by atoms with E-state index in [4.69, 9.17) is 32.7 Å². The van der Waals surface area contributed by atoms with Crippen molar-refractivity contribution < 1.29 is 22.1 Å². The monoisotopic (exact) mass is 469 g/mol. The number of carbonyl (C=O) groups excluding carboxylic acids is 1. The minimum absolute atomic E-state index is 0.0474. The number of ether oxygens (including phenoxy) is 1. The van der Waals surface area contributed by atoms with Crippen molar-refractivity contribution in [1.82, 2.24) is 0 Å². The van der Waals surface area contributed by atoms with Crippen LogP contribution in [-0.2, 0) is 14.9 Å². The molecule has 1 saturated heterocycles. The largest absolute Gasteiger partial charge is 0.490 e. The van der Waals surface area contributed by atoms with Crippen molar-refractivity contribution in [2.45, 2.75) is 6.92 Å². The van der Waals surface area contributed by atoms with Gasteiger partial charge < -0.3 is 8.92 Å². The smallest absolute Gasteiger partial charge is 0.306 e. The van der Waals surface area contributed by atoms with Crippen LogP contribution in [0.4, 0.5) is 5.69 Å². The summed E-state index contributed by atoms with van der Waals surface area (Å²) in [7, 11) is -3.79. The minimum atomic E-state index is -3.79. The molecular weight excluding hydrogens is 454 g/mol. The van der Waals surface area contributed by atoms with Crippen molar-refractivity contribution in [2.75, 3.05) is 17.8 Å². The second-order valence-electron chi connectivity index (χ2n) is 5.90. The van der Waals surface area contributed by atoms with Gasteiger partial charge in [0.15, 0.2) is 10.1 Å². The highest BCUT2D eigenvalue weighted by Crippen LogP contribution is 2.40. The number of thiocarbonyl (C=S) groups is 1. The first kappa shape index (κ1) is 21.6. The highest BCUT2D eigenvalue weighted by molar-refractivity contribution is 8.27. The normalized spacial score (nSPS) is 15.8. The lowest BCUT2D eigenvalue weighted by molar-refractivity contribution is -0.113. The van der Waals surface area contributed by atoms with Gasteiger partial charge in [0.2, 0.25) is 5.75 Å². The Kier molecular flexibility index (Phi) is 6.52. The third kappa shape index (κ3) is 5.11. The van der Waals surface area contributed by atoms with E-state index in [1.807, 2.05) is 18.2 Å². The number of hydrogen-bond acceptors (Lipinski definition) is 7. The zero-order chi connectivity index (χ0) is 21.2. The van der Waals surface area contributed by atoms with E-state index in [0.717, 1.165) is 6.26 Å². The number of thioether (sulfide) groups is 1. The van der Waals surface area contributed by atoms with Gasteiger partial charge in [-0.05, 0) is 42.8 Å². The lowest BCUT2D eigenvalue weighted by atomic mass is 10.1. The molecule has 1 aliphatic heterocycles. The van der Waals surface area contributed by atoms with E-state index in [0.29, 0.717) is 20.5 Å². The summed E-state index contributed by atoms with van der Waals surface area (Å²) in [6, 6.07) is 12.2. The van der Waals surface area contributed by atoms with E-state index < -0.39 is 10.1 Å². The molecule has 2 aromatic carbocycles. The fourth-order valence-corrected chi connectivity index (χ4v) is 4.66. The van der Waals surface area contributed by atoms with Crippen molar-refractivity contribution in [2.24, 2.45) is 0 Å². The summed E-state index contributed by atoms with van der Waals surface area (Å²) in [5, 5.41) is 0.0474. The lowest BCUT2D eigenvalue weighted by Gasteiger charge is -2.14. The molecule has 1 aliphatic rings. The average Bonchev–Trinajstić information content (AvgIpc) is 2.91. The summed E-state index contributed by atoms with van der Waals surface area (Å²) in [6.45, 7) is 2.02. The minimum Gasteiger partial charge on any atom is -0.490 e. The SMILES string of the molecule is CCOc1cc(C=C2SC(=S)N(c3ccccc3)C2=O)cc(Cl)c1OS(C)(=O)=O. The number of nitrogens with zero attached hydrogens (tertiary/aromatic N) is 1. The van der Waals surface area contributed by atoms with Gasteiger partial charge >= 0.3 is 10.1 Å². The molecule has 0 aliphatic carbocycles. The number of para-hydroxylation sites is 1. The van der Waals surface area contributed by atoms with Gasteiger partial charge in [0.1, 0.15) is 0 Å². The summed E-state index contributed by atoms with van der Waals surface area (Å²) in [6.07, 6.45) is 2.54. The van der Waals surface area contributed by atoms with Crippen LogP contribution in [0.2, 0.25) is 5.02 Å². The number of amides is 1. The Morgan fingerprint density at radius 1 is 1.24 bits per heavy atom. The molecule has 1 amide bonds. The molecule has 0 N–H and O–H groups in total. The summed E-state index contributed by atoms with van der Waals surface area (Å²) in [4.78, 5) is 14.7. The number of benzene rings is 2. The molecule has 0 aromatic heterocycles. The van der Waals surface area contributed by atoms with Gasteiger partial charge in [0.05, 0.1) is 28.5 Å². The van der Waals surface area contributed by atoms with Crippen molar-refractivity contribution in [3.8, 4) is 11.5 Å². The van der Waals surface area contributed by atoms with E-state index in [1.54, 1.807) is 31.2 Å². The van der Waals surface area contributed by atoms with Crippen molar-refractivity contribution in [1.29, 1.82) is 0 Å². The van der Waals surface area contributed by atoms with Crippen molar-refractivity contribution in [3.63, 3.8) is 0 Å². The topological polar surface area (TPSA) is 72.9 Å². The number of anilines is 1. The van der Waals surface area contributed by atoms with Gasteiger partial charge in [-0.25, -0.2) is 0 Å². The highest BCUT2D eigenvalue weighted by Gasteiger charge is 2.33. The predicted molar refractivity (Wildman–Crippen MR) is 120 cm³/mol. The molecule has 3 rings (SSSR count). The van der Waals surface area contributed by atoms with Crippen LogP contribution in [0.1, 0.15) is 12.5 Å². The van der Waals surface area contributed by atoms with E-state index in [1.165, 1.54) is 22.7 Å². The number of carbonyl (C=O) groups is 1. The maximum atomic E-state index is 12.9. The first-order valence-electron chi connectivity index (χ1n) is 8.38.